The highest BCUT2D eigenvalue weighted by molar-refractivity contribution is 5.73. The summed E-state index contributed by atoms with van der Waals surface area (Å²) < 4.78 is 0. The highest BCUT2D eigenvalue weighted by atomic mass is 16.7. The molecule has 0 aliphatic rings. The molecule has 0 saturated carbocycles. The van der Waals surface area contributed by atoms with E-state index in [0.29, 0.717) is 4.79 Å². The zero-order valence-electron chi connectivity index (χ0n) is 6.30. The van der Waals surface area contributed by atoms with E-state index in [0.717, 1.165) is 0 Å². The third-order valence-electron chi connectivity index (χ3n) is 1.60. The van der Waals surface area contributed by atoms with E-state index in [1.54, 1.807) is 6.07 Å². The van der Waals surface area contributed by atoms with Crippen LogP contribution in [0.15, 0.2) is 23.1 Å². The zero-order chi connectivity index (χ0) is 9.42. The summed E-state index contributed by atoms with van der Waals surface area (Å²) in [6.07, 6.45) is 1.38. The van der Waals surface area contributed by atoms with Gasteiger partial charge in [0, 0.05) is 11.0 Å². The fourth-order valence-corrected chi connectivity index (χ4v) is 1.07. The molecule has 7 nitrogen and oxygen atoms in total. The number of aromatic nitrogens is 3. The third-order valence-corrected chi connectivity index (χ3v) is 1.60. The molecule has 66 valence electrons. The van der Waals surface area contributed by atoms with Gasteiger partial charge in [0.05, 0.1) is 5.03 Å². The second-order valence-corrected chi connectivity index (χ2v) is 2.37. The number of aromatic amines is 1. The van der Waals surface area contributed by atoms with Crippen LogP contribution in [0.4, 0.5) is 0 Å². The molecule has 0 radical (unpaired) electrons. The van der Waals surface area contributed by atoms with E-state index in [2.05, 4.69) is 10.1 Å². The first-order valence-electron chi connectivity index (χ1n) is 3.40. The quantitative estimate of drug-likeness (QED) is 0.484. The fourth-order valence-electron chi connectivity index (χ4n) is 1.07. The standard InChI is InChI=1S/C6H4N4O3/c11-6-4-2-1-3-7-5(4)9(8-6)10(12)13/h1-3H,(H,8,11). The molecule has 0 spiro atoms. The smallest absolute Gasteiger partial charge is 0.339 e. The van der Waals surface area contributed by atoms with E-state index in [1.165, 1.54) is 12.3 Å². The Kier molecular flexibility index (Phi) is 1.38. The summed E-state index contributed by atoms with van der Waals surface area (Å²) >= 11 is 0. The van der Waals surface area contributed by atoms with Crippen LogP contribution in [0.3, 0.4) is 0 Å². The van der Waals surface area contributed by atoms with Gasteiger partial charge in [-0.05, 0) is 12.1 Å². The number of fused-ring (bicyclic) bond motifs is 1. The average molecular weight is 180 g/mol. The molecule has 2 rings (SSSR count). The van der Waals surface area contributed by atoms with Crippen LogP contribution >= 0.6 is 0 Å². The van der Waals surface area contributed by atoms with Gasteiger partial charge in [-0.3, -0.25) is 0 Å². The molecule has 0 bridgehead atoms. The minimum Gasteiger partial charge on any atom is -0.339 e. The van der Waals surface area contributed by atoms with Crippen molar-refractivity contribution in [1.82, 2.24) is 14.9 Å². The summed E-state index contributed by atoms with van der Waals surface area (Å²) in [5.41, 5.74) is -0.489. The van der Waals surface area contributed by atoms with Gasteiger partial charge in [0.15, 0.2) is 0 Å². The van der Waals surface area contributed by atoms with Gasteiger partial charge >= 0.3 is 5.56 Å². The summed E-state index contributed by atoms with van der Waals surface area (Å²) in [4.78, 5) is 25.7. The molecule has 7 heteroatoms. The molecule has 0 aromatic carbocycles. The van der Waals surface area contributed by atoms with Gasteiger partial charge in [-0.25, -0.2) is 9.78 Å². The number of nitro groups is 1. The molecule has 2 aromatic rings. The number of rotatable bonds is 1. The molecule has 0 aliphatic carbocycles. The van der Waals surface area contributed by atoms with Crippen molar-refractivity contribution in [1.29, 1.82) is 0 Å². The van der Waals surface area contributed by atoms with Crippen molar-refractivity contribution in [2.45, 2.75) is 0 Å². The van der Waals surface area contributed by atoms with Crippen molar-refractivity contribution in [3.05, 3.63) is 38.8 Å². The molecule has 2 heterocycles. The largest absolute Gasteiger partial charge is 0.361 e. The van der Waals surface area contributed by atoms with Crippen molar-refractivity contribution in [2.24, 2.45) is 0 Å². The van der Waals surface area contributed by atoms with Gasteiger partial charge in [-0.1, -0.05) is 0 Å². The van der Waals surface area contributed by atoms with E-state index in [4.69, 9.17) is 0 Å². The normalized spacial score (nSPS) is 10.5. The molecule has 1 N–H and O–H groups in total. The van der Waals surface area contributed by atoms with Crippen molar-refractivity contribution in [2.75, 3.05) is 0 Å². The lowest BCUT2D eigenvalue weighted by Gasteiger charge is -1.92. The van der Waals surface area contributed by atoms with Crippen LogP contribution in [0.5, 0.6) is 0 Å². The van der Waals surface area contributed by atoms with Gasteiger partial charge < -0.3 is 10.1 Å². The molecule has 2 aromatic heterocycles. The number of nitrogens with zero attached hydrogens (tertiary/aromatic N) is 3. The van der Waals surface area contributed by atoms with Crippen LogP contribution in [0.25, 0.3) is 11.0 Å². The summed E-state index contributed by atoms with van der Waals surface area (Å²) in [5, 5.41) is 11.9. The number of hydrogen-bond acceptors (Lipinski definition) is 4. The molecular formula is C6H4N4O3. The molecule has 0 amide bonds. The molecule has 0 fully saturated rings. The molecule has 0 saturated heterocycles. The highest BCUT2D eigenvalue weighted by Crippen LogP contribution is 2.03. The van der Waals surface area contributed by atoms with Gasteiger partial charge in [0.2, 0.25) is 5.65 Å². The summed E-state index contributed by atoms with van der Waals surface area (Å²) in [6, 6.07) is 3.02. The topological polar surface area (TPSA) is 93.8 Å². The molecule has 13 heavy (non-hydrogen) atoms. The number of hydrogen-bond donors (Lipinski definition) is 1. The summed E-state index contributed by atoms with van der Waals surface area (Å²) in [6.45, 7) is 0. The Labute approximate surface area is 70.7 Å². The predicted molar refractivity (Wildman–Crippen MR) is 42.7 cm³/mol. The Morgan fingerprint density at radius 3 is 3.08 bits per heavy atom. The zero-order valence-corrected chi connectivity index (χ0v) is 6.30. The van der Waals surface area contributed by atoms with Gasteiger partial charge in [0.25, 0.3) is 0 Å². The van der Waals surface area contributed by atoms with Crippen LogP contribution < -0.4 is 5.56 Å². The van der Waals surface area contributed by atoms with E-state index in [1.807, 2.05) is 0 Å². The number of nitrogens with one attached hydrogen (secondary N) is 1. The van der Waals surface area contributed by atoms with E-state index >= 15 is 0 Å². The lowest BCUT2D eigenvalue weighted by Crippen LogP contribution is -2.13. The monoisotopic (exact) mass is 180 g/mol. The Morgan fingerprint density at radius 1 is 1.62 bits per heavy atom. The first kappa shape index (κ1) is 7.47. The molecule has 0 aliphatic heterocycles. The fraction of sp³-hybridized carbons (Fsp3) is 0. The first-order chi connectivity index (χ1) is 6.20. The SMILES string of the molecule is O=c1[nH]n([N+](=O)[O-])c2ncccc12. The van der Waals surface area contributed by atoms with Crippen molar-refractivity contribution in [3.63, 3.8) is 0 Å². The number of pyridine rings is 1. The van der Waals surface area contributed by atoms with Crippen molar-refractivity contribution >= 4 is 11.0 Å². The Bertz CT molecular complexity index is 526. The highest BCUT2D eigenvalue weighted by Gasteiger charge is 2.13. The van der Waals surface area contributed by atoms with Crippen LogP contribution in [0.2, 0.25) is 0 Å². The second kappa shape index (κ2) is 2.41. The summed E-state index contributed by atoms with van der Waals surface area (Å²) in [5.74, 6) is 0. The van der Waals surface area contributed by atoms with E-state index in [-0.39, 0.29) is 11.0 Å². The minimum absolute atomic E-state index is 0.0255. The average Bonchev–Trinajstić information content (AvgIpc) is 2.45. The predicted octanol–water partition coefficient (Wildman–Crippen LogP) is -0.236. The lowest BCUT2D eigenvalue weighted by molar-refractivity contribution is -0.548. The maximum Gasteiger partial charge on any atom is 0.361 e. The second-order valence-electron chi connectivity index (χ2n) is 2.37. The third kappa shape index (κ3) is 0.975. The van der Waals surface area contributed by atoms with Crippen molar-refractivity contribution < 1.29 is 5.03 Å². The Balaban J connectivity index is 2.94. The van der Waals surface area contributed by atoms with Gasteiger partial charge in [0.1, 0.15) is 5.39 Å². The van der Waals surface area contributed by atoms with Crippen LogP contribution in [0.1, 0.15) is 0 Å². The first-order valence-corrected chi connectivity index (χ1v) is 3.40. The maximum atomic E-state index is 11.1. The van der Waals surface area contributed by atoms with Gasteiger partial charge in [-0.15, -0.1) is 5.10 Å². The molecular weight excluding hydrogens is 176 g/mol. The molecule has 0 atom stereocenters. The van der Waals surface area contributed by atoms with Crippen LogP contribution in [0, 0.1) is 10.1 Å². The van der Waals surface area contributed by atoms with E-state index < -0.39 is 10.6 Å². The van der Waals surface area contributed by atoms with E-state index in [9.17, 15) is 14.9 Å². The molecule has 0 unspecified atom stereocenters. The minimum atomic E-state index is -0.739. The Hall–Kier alpha value is -2.18. The number of H-pyrrole nitrogens is 1. The van der Waals surface area contributed by atoms with Crippen LogP contribution in [-0.2, 0) is 0 Å². The van der Waals surface area contributed by atoms with Crippen molar-refractivity contribution in [3.8, 4) is 0 Å². The Morgan fingerprint density at radius 2 is 2.38 bits per heavy atom. The van der Waals surface area contributed by atoms with Gasteiger partial charge in [-0.2, -0.15) is 0 Å². The maximum absolute atomic E-state index is 11.1. The summed E-state index contributed by atoms with van der Waals surface area (Å²) in [7, 11) is 0. The van der Waals surface area contributed by atoms with Crippen LogP contribution in [-0.4, -0.2) is 19.9 Å². The lowest BCUT2D eigenvalue weighted by atomic mass is 10.4.